The standard InChI is InChI=1S/C24H30F3N3O3S/c1-2-28-12-13-34(31,32)29-15-18-9-10-19-22(16-6-4-3-5-7-16)30-21-11-8-17(24(25,26)27)14-20(21)23(19)33-18/h3-8,11,14,18-19,22-23,28-30H,2,9-10,12-13,15H2,1H3/t18-,19+,22+,23+/m1/s1. The van der Waals surface area contributed by atoms with Gasteiger partial charge >= 0.3 is 6.18 Å². The van der Waals surface area contributed by atoms with E-state index in [0.29, 0.717) is 37.2 Å². The number of nitrogens with one attached hydrogen (secondary N) is 3. The summed E-state index contributed by atoms with van der Waals surface area (Å²) in [6.45, 7) is 3.02. The molecule has 0 amide bonds. The van der Waals surface area contributed by atoms with E-state index >= 15 is 0 Å². The van der Waals surface area contributed by atoms with Crippen LogP contribution in [0.2, 0.25) is 0 Å². The van der Waals surface area contributed by atoms with E-state index in [-0.39, 0.29) is 24.3 Å². The topological polar surface area (TPSA) is 79.5 Å². The predicted octanol–water partition coefficient (Wildman–Crippen LogP) is 4.24. The molecule has 1 saturated heterocycles. The van der Waals surface area contributed by atoms with Crippen LogP contribution in [0.4, 0.5) is 18.9 Å². The van der Waals surface area contributed by atoms with E-state index in [2.05, 4.69) is 15.4 Å². The van der Waals surface area contributed by atoms with Crippen molar-refractivity contribution in [2.45, 2.75) is 44.2 Å². The molecular weight excluding hydrogens is 467 g/mol. The zero-order valence-corrected chi connectivity index (χ0v) is 19.8. The first-order valence-corrected chi connectivity index (χ1v) is 13.2. The quantitative estimate of drug-likeness (QED) is 0.476. The fourth-order valence-corrected chi connectivity index (χ4v) is 5.75. The molecule has 4 rings (SSSR count). The van der Waals surface area contributed by atoms with Crippen molar-refractivity contribution >= 4 is 15.7 Å². The fraction of sp³-hybridized carbons (Fsp3) is 0.500. The Morgan fingerprint density at radius 2 is 1.88 bits per heavy atom. The summed E-state index contributed by atoms with van der Waals surface area (Å²) in [5.74, 6) is -0.128. The summed E-state index contributed by atoms with van der Waals surface area (Å²) in [5.41, 5.74) is 1.38. The minimum atomic E-state index is -4.46. The van der Waals surface area contributed by atoms with Gasteiger partial charge in [-0.25, -0.2) is 13.1 Å². The number of hydrogen-bond acceptors (Lipinski definition) is 5. The average Bonchev–Trinajstić information content (AvgIpc) is 2.82. The molecule has 0 bridgehead atoms. The number of ether oxygens (including phenoxy) is 1. The minimum Gasteiger partial charge on any atom is -0.378 e. The Hall–Kier alpha value is -2.14. The van der Waals surface area contributed by atoms with Crippen molar-refractivity contribution in [3.8, 4) is 0 Å². The largest absolute Gasteiger partial charge is 0.416 e. The third-order valence-electron chi connectivity index (χ3n) is 6.46. The SMILES string of the molecule is CCNCCS(=O)(=O)NC[C@H]1CC[C@@H]2[C@H](O1)c1cc(C(F)(F)F)ccc1N[C@H]2c1ccccc1. The van der Waals surface area contributed by atoms with Crippen LogP contribution in [0.25, 0.3) is 0 Å². The lowest BCUT2D eigenvalue weighted by Crippen LogP contribution is -2.44. The van der Waals surface area contributed by atoms with E-state index in [1.807, 2.05) is 37.3 Å². The van der Waals surface area contributed by atoms with Gasteiger partial charge in [0.15, 0.2) is 0 Å². The van der Waals surface area contributed by atoms with Gasteiger partial charge in [0.1, 0.15) is 0 Å². The first kappa shape index (κ1) is 25.0. The molecule has 3 N–H and O–H groups in total. The number of anilines is 1. The van der Waals surface area contributed by atoms with Gasteiger partial charge in [-0.2, -0.15) is 13.2 Å². The summed E-state index contributed by atoms with van der Waals surface area (Å²) in [6.07, 6.45) is -4.16. The van der Waals surface area contributed by atoms with Gasteiger partial charge in [-0.1, -0.05) is 37.3 Å². The molecule has 34 heavy (non-hydrogen) atoms. The van der Waals surface area contributed by atoms with Crippen LogP contribution in [0.15, 0.2) is 48.5 Å². The van der Waals surface area contributed by atoms with Crippen LogP contribution in [0, 0.1) is 5.92 Å². The van der Waals surface area contributed by atoms with Gasteiger partial charge in [-0.05, 0) is 43.1 Å². The maximum absolute atomic E-state index is 13.4. The molecule has 0 saturated carbocycles. The number of hydrogen-bond donors (Lipinski definition) is 3. The lowest BCUT2D eigenvalue weighted by atomic mass is 9.76. The smallest absolute Gasteiger partial charge is 0.378 e. The molecular formula is C24H30F3N3O3S. The van der Waals surface area contributed by atoms with E-state index in [1.54, 1.807) is 0 Å². The number of benzene rings is 2. The average molecular weight is 498 g/mol. The summed E-state index contributed by atoms with van der Waals surface area (Å²) in [5, 5.41) is 6.40. The maximum atomic E-state index is 13.4. The monoisotopic (exact) mass is 497 g/mol. The van der Waals surface area contributed by atoms with Crippen molar-refractivity contribution < 1.29 is 26.3 Å². The zero-order valence-electron chi connectivity index (χ0n) is 18.9. The molecule has 0 radical (unpaired) electrons. The highest BCUT2D eigenvalue weighted by atomic mass is 32.2. The second-order valence-corrected chi connectivity index (χ2v) is 10.7. The Labute approximate surface area is 198 Å². The van der Waals surface area contributed by atoms with Crippen molar-refractivity contribution in [3.05, 3.63) is 65.2 Å². The van der Waals surface area contributed by atoms with Gasteiger partial charge in [0.2, 0.25) is 10.0 Å². The molecule has 10 heteroatoms. The summed E-state index contributed by atoms with van der Waals surface area (Å²) in [6, 6.07) is 13.4. The molecule has 0 aliphatic carbocycles. The lowest BCUT2D eigenvalue weighted by molar-refractivity contribution is -0.138. The molecule has 1 fully saturated rings. The van der Waals surface area contributed by atoms with Gasteiger partial charge in [0.25, 0.3) is 0 Å². The molecule has 4 atom stereocenters. The second kappa shape index (κ2) is 10.2. The molecule has 0 spiro atoms. The lowest BCUT2D eigenvalue weighted by Gasteiger charge is -2.46. The van der Waals surface area contributed by atoms with Crippen LogP contribution >= 0.6 is 0 Å². The first-order valence-electron chi connectivity index (χ1n) is 11.5. The van der Waals surface area contributed by atoms with Crippen molar-refractivity contribution in [3.63, 3.8) is 0 Å². The third-order valence-corrected chi connectivity index (χ3v) is 7.81. The zero-order chi connectivity index (χ0) is 24.3. The summed E-state index contributed by atoms with van der Waals surface area (Å²) >= 11 is 0. The van der Waals surface area contributed by atoms with Crippen LogP contribution in [-0.4, -0.2) is 39.9 Å². The van der Waals surface area contributed by atoms with E-state index in [4.69, 9.17) is 4.74 Å². The Balaban J connectivity index is 1.57. The van der Waals surface area contributed by atoms with Gasteiger partial charge < -0.3 is 15.4 Å². The normalized spacial score (nSPS) is 24.7. The molecule has 186 valence electrons. The summed E-state index contributed by atoms with van der Waals surface area (Å²) in [4.78, 5) is 0. The molecule has 2 aromatic rings. The van der Waals surface area contributed by atoms with Crippen molar-refractivity contribution in [2.24, 2.45) is 5.92 Å². The van der Waals surface area contributed by atoms with Gasteiger partial charge in [0.05, 0.1) is 29.6 Å². The van der Waals surface area contributed by atoms with Gasteiger partial charge in [-0.3, -0.25) is 0 Å². The number of sulfonamides is 1. The third kappa shape index (κ3) is 5.73. The minimum absolute atomic E-state index is 0.0443. The van der Waals surface area contributed by atoms with Crippen LogP contribution in [0.3, 0.4) is 0 Å². The fourth-order valence-electron chi connectivity index (χ4n) is 4.75. The molecule has 2 aromatic carbocycles. The van der Waals surface area contributed by atoms with Crippen LogP contribution < -0.4 is 15.4 Å². The number of halogens is 3. The van der Waals surface area contributed by atoms with Gasteiger partial charge in [-0.15, -0.1) is 0 Å². The molecule has 0 aromatic heterocycles. The van der Waals surface area contributed by atoms with Crippen LogP contribution in [0.1, 0.15) is 48.6 Å². The Kier molecular flexibility index (Phi) is 7.51. The Bertz CT molecular complexity index is 1080. The molecule has 6 nitrogen and oxygen atoms in total. The summed E-state index contributed by atoms with van der Waals surface area (Å²) < 4.78 is 73.8. The van der Waals surface area contributed by atoms with Crippen LogP contribution in [-0.2, 0) is 20.9 Å². The number of rotatable bonds is 8. The van der Waals surface area contributed by atoms with E-state index in [1.165, 1.54) is 6.07 Å². The van der Waals surface area contributed by atoms with Crippen LogP contribution in [0.5, 0.6) is 0 Å². The molecule has 2 aliphatic rings. The number of alkyl halides is 3. The maximum Gasteiger partial charge on any atom is 0.416 e. The molecule has 2 aliphatic heterocycles. The van der Waals surface area contributed by atoms with Crippen molar-refractivity contribution in [1.82, 2.24) is 10.0 Å². The first-order chi connectivity index (χ1) is 16.2. The predicted molar refractivity (Wildman–Crippen MR) is 125 cm³/mol. The Morgan fingerprint density at radius 3 is 2.59 bits per heavy atom. The van der Waals surface area contributed by atoms with Gasteiger partial charge in [0, 0.05) is 30.3 Å². The molecule has 0 unspecified atom stereocenters. The summed E-state index contributed by atoms with van der Waals surface area (Å²) in [7, 11) is -3.48. The van der Waals surface area contributed by atoms with E-state index in [0.717, 1.165) is 17.7 Å². The van der Waals surface area contributed by atoms with Crippen molar-refractivity contribution in [2.75, 3.05) is 30.7 Å². The van der Waals surface area contributed by atoms with Crippen molar-refractivity contribution in [1.29, 1.82) is 0 Å². The van der Waals surface area contributed by atoms with E-state index < -0.39 is 34.0 Å². The second-order valence-electron chi connectivity index (χ2n) is 8.77. The van der Waals surface area contributed by atoms with E-state index in [9.17, 15) is 21.6 Å². The highest BCUT2D eigenvalue weighted by Crippen LogP contribution is 2.51. The highest BCUT2D eigenvalue weighted by Gasteiger charge is 2.43. The number of fused-ring (bicyclic) bond motifs is 3. The Morgan fingerprint density at radius 1 is 1.12 bits per heavy atom. The molecule has 2 heterocycles. The highest BCUT2D eigenvalue weighted by molar-refractivity contribution is 7.89.